The molecule has 16 heavy (non-hydrogen) atoms. The van der Waals surface area contributed by atoms with Crippen molar-refractivity contribution < 1.29 is 9.90 Å². The molecular formula is C12H24N2O2. The van der Waals surface area contributed by atoms with Crippen LogP contribution < -0.4 is 11.1 Å². The Morgan fingerprint density at radius 1 is 1.56 bits per heavy atom. The van der Waals surface area contributed by atoms with Crippen LogP contribution in [-0.2, 0) is 4.79 Å². The summed E-state index contributed by atoms with van der Waals surface area (Å²) in [6.07, 6.45) is 4.08. The van der Waals surface area contributed by atoms with Crippen molar-refractivity contribution in [2.45, 2.75) is 57.6 Å². The highest BCUT2D eigenvalue weighted by atomic mass is 16.3. The Morgan fingerprint density at radius 3 is 2.75 bits per heavy atom. The molecule has 0 aliphatic heterocycles. The van der Waals surface area contributed by atoms with Crippen molar-refractivity contribution >= 4 is 5.91 Å². The number of hydrogen-bond donors (Lipinski definition) is 3. The Balaban J connectivity index is 2.29. The van der Waals surface area contributed by atoms with Gasteiger partial charge in [-0.2, -0.15) is 0 Å². The molecule has 0 aromatic rings. The van der Waals surface area contributed by atoms with Crippen LogP contribution in [0.5, 0.6) is 0 Å². The van der Waals surface area contributed by atoms with E-state index in [1.54, 1.807) is 6.92 Å². The number of carbonyl (C=O) groups is 1. The maximum Gasteiger partial charge on any atom is 0.239 e. The summed E-state index contributed by atoms with van der Waals surface area (Å²) in [6.45, 7) is 4.44. The van der Waals surface area contributed by atoms with E-state index in [0.29, 0.717) is 18.9 Å². The quantitative estimate of drug-likeness (QED) is 0.651. The van der Waals surface area contributed by atoms with Crippen molar-refractivity contribution in [3.8, 4) is 0 Å². The first kappa shape index (κ1) is 13.5. The van der Waals surface area contributed by atoms with E-state index in [9.17, 15) is 9.90 Å². The lowest BCUT2D eigenvalue weighted by Crippen LogP contribution is -2.52. The highest BCUT2D eigenvalue weighted by Crippen LogP contribution is 2.24. The zero-order valence-corrected chi connectivity index (χ0v) is 10.3. The molecule has 0 saturated heterocycles. The average Bonchev–Trinajstić information content (AvgIpc) is 2.60. The van der Waals surface area contributed by atoms with Crippen LogP contribution in [0.1, 0.15) is 46.0 Å². The third-order valence-electron chi connectivity index (χ3n) is 3.35. The van der Waals surface area contributed by atoms with E-state index in [0.717, 1.165) is 25.7 Å². The van der Waals surface area contributed by atoms with Gasteiger partial charge in [-0.05, 0) is 38.5 Å². The fourth-order valence-corrected chi connectivity index (χ4v) is 2.31. The van der Waals surface area contributed by atoms with Crippen molar-refractivity contribution in [3.05, 3.63) is 0 Å². The number of nitrogens with two attached hydrogens (primary N) is 1. The van der Waals surface area contributed by atoms with Gasteiger partial charge in [0.15, 0.2) is 0 Å². The van der Waals surface area contributed by atoms with E-state index in [4.69, 9.17) is 5.73 Å². The smallest absolute Gasteiger partial charge is 0.239 e. The fraction of sp³-hybridized carbons (Fsp3) is 0.917. The minimum Gasteiger partial charge on any atom is -0.393 e. The molecule has 1 fully saturated rings. The molecule has 4 heteroatoms. The van der Waals surface area contributed by atoms with Crippen LogP contribution in [0, 0.1) is 5.92 Å². The maximum absolute atomic E-state index is 11.8. The van der Waals surface area contributed by atoms with Gasteiger partial charge in [0.25, 0.3) is 0 Å². The summed E-state index contributed by atoms with van der Waals surface area (Å²) in [7, 11) is 0. The van der Waals surface area contributed by atoms with Crippen LogP contribution in [0.2, 0.25) is 0 Å². The van der Waals surface area contributed by atoms with Crippen LogP contribution in [0.15, 0.2) is 0 Å². The molecule has 0 aromatic carbocycles. The van der Waals surface area contributed by atoms with Gasteiger partial charge >= 0.3 is 0 Å². The summed E-state index contributed by atoms with van der Waals surface area (Å²) in [5.74, 6) is 0.340. The minimum absolute atomic E-state index is 0.0734. The molecule has 0 heterocycles. The molecule has 94 valence electrons. The van der Waals surface area contributed by atoms with Gasteiger partial charge in [0.1, 0.15) is 0 Å². The molecule has 0 bridgehead atoms. The third-order valence-corrected chi connectivity index (χ3v) is 3.35. The second-order valence-corrected chi connectivity index (χ2v) is 5.21. The van der Waals surface area contributed by atoms with E-state index in [-0.39, 0.29) is 12.0 Å². The highest BCUT2D eigenvalue weighted by Gasteiger charge is 2.29. The van der Waals surface area contributed by atoms with Crippen LogP contribution in [0.3, 0.4) is 0 Å². The maximum atomic E-state index is 11.8. The first-order chi connectivity index (χ1) is 7.45. The number of aliphatic hydroxyl groups is 1. The highest BCUT2D eigenvalue weighted by molar-refractivity contribution is 5.85. The molecule has 1 aliphatic carbocycles. The Kier molecular flexibility index (Phi) is 4.74. The summed E-state index contributed by atoms with van der Waals surface area (Å²) >= 11 is 0. The van der Waals surface area contributed by atoms with E-state index in [2.05, 4.69) is 5.32 Å². The Morgan fingerprint density at radius 2 is 2.25 bits per heavy atom. The molecule has 4 nitrogen and oxygen atoms in total. The molecule has 3 atom stereocenters. The normalized spacial score (nSPS) is 28.8. The number of carbonyl (C=O) groups excluding carboxylic acids is 1. The summed E-state index contributed by atoms with van der Waals surface area (Å²) in [6, 6.07) is 0. The lowest BCUT2D eigenvalue weighted by Gasteiger charge is -2.23. The van der Waals surface area contributed by atoms with Crippen LogP contribution >= 0.6 is 0 Å². The summed E-state index contributed by atoms with van der Waals surface area (Å²) in [4.78, 5) is 11.8. The van der Waals surface area contributed by atoms with E-state index < -0.39 is 5.54 Å². The van der Waals surface area contributed by atoms with Gasteiger partial charge in [0, 0.05) is 6.54 Å². The number of amides is 1. The van der Waals surface area contributed by atoms with Gasteiger partial charge in [0.2, 0.25) is 5.91 Å². The van der Waals surface area contributed by atoms with Crippen molar-refractivity contribution in [3.63, 3.8) is 0 Å². The fourth-order valence-electron chi connectivity index (χ4n) is 2.31. The second-order valence-electron chi connectivity index (χ2n) is 5.21. The average molecular weight is 228 g/mol. The Bertz CT molecular complexity index is 241. The van der Waals surface area contributed by atoms with Gasteiger partial charge in [0.05, 0.1) is 11.6 Å². The summed E-state index contributed by atoms with van der Waals surface area (Å²) in [5.41, 5.74) is 5.16. The monoisotopic (exact) mass is 228 g/mol. The molecular weight excluding hydrogens is 204 g/mol. The van der Waals surface area contributed by atoms with Gasteiger partial charge < -0.3 is 16.2 Å². The van der Waals surface area contributed by atoms with Crippen LogP contribution in [0.4, 0.5) is 0 Å². The van der Waals surface area contributed by atoms with Crippen LogP contribution in [0.25, 0.3) is 0 Å². The van der Waals surface area contributed by atoms with Gasteiger partial charge in [-0.25, -0.2) is 0 Å². The van der Waals surface area contributed by atoms with Gasteiger partial charge in [-0.1, -0.05) is 13.3 Å². The predicted molar refractivity (Wildman–Crippen MR) is 63.9 cm³/mol. The Hall–Kier alpha value is -0.610. The SMILES string of the molecule is CCCC(C)(N)C(=O)NCC1CCC(O)C1. The van der Waals surface area contributed by atoms with Gasteiger partial charge in [-0.3, -0.25) is 4.79 Å². The second kappa shape index (κ2) is 5.64. The van der Waals surface area contributed by atoms with Gasteiger partial charge in [-0.15, -0.1) is 0 Å². The molecule has 4 N–H and O–H groups in total. The van der Waals surface area contributed by atoms with E-state index >= 15 is 0 Å². The number of hydrogen-bond acceptors (Lipinski definition) is 3. The lowest BCUT2D eigenvalue weighted by atomic mass is 9.96. The first-order valence-electron chi connectivity index (χ1n) is 6.21. The number of aliphatic hydroxyl groups excluding tert-OH is 1. The molecule has 1 rings (SSSR count). The summed E-state index contributed by atoms with van der Waals surface area (Å²) in [5, 5.41) is 12.3. The van der Waals surface area contributed by atoms with E-state index in [1.807, 2.05) is 6.92 Å². The molecule has 1 saturated carbocycles. The zero-order chi connectivity index (χ0) is 12.2. The zero-order valence-electron chi connectivity index (χ0n) is 10.3. The number of rotatable bonds is 5. The molecule has 0 spiro atoms. The topological polar surface area (TPSA) is 75.4 Å². The van der Waals surface area contributed by atoms with Crippen molar-refractivity contribution in [2.75, 3.05) is 6.54 Å². The minimum atomic E-state index is -0.758. The third kappa shape index (κ3) is 3.76. The molecule has 3 unspecified atom stereocenters. The Labute approximate surface area is 97.6 Å². The van der Waals surface area contributed by atoms with E-state index in [1.165, 1.54) is 0 Å². The summed E-state index contributed by atoms with van der Waals surface area (Å²) < 4.78 is 0. The number of nitrogens with one attached hydrogen (secondary N) is 1. The first-order valence-corrected chi connectivity index (χ1v) is 6.21. The molecule has 0 radical (unpaired) electrons. The molecule has 1 aliphatic rings. The van der Waals surface area contributed by atoms with Crippen molar-refractivity contribution in [1.29, 1.82) is 0 Å². The molecule has 0 aromatic heterocycles. The predicted octanol–water partition coefficient (Wildman–Crippen LogP) is 0.781. The van der Waals surface area contributed by atoms with Crippen molar-refractivity contribution in [1.82, 2.24) is 5.32 Å². The van der Waals surface area contributed by atoms with Crippen LogP contribution in [-0.4, -0.2) is 29.2 Å². The standard InChI is InChI=1S/C12H24N2O2/c1-3-6-12(2,13)11(16)14-8-9-4-5-10(15)7-9/h9-10,15H,3-8,13H2,1-2H3,(H,14,16). The van der Waals surface area contributed by atoms with Crippen molar-refractivity contribution in [2.24, 2.45) is 11.7 Å². The largest absolute Gasteiger partial charge is 0.393 e. The molecule has 1 amide bonds. The lowest BCUT2D eigenvalue weighted by molar-refractivity contribution is -0.126.